The maximum absolute atomic E-state index is 11.7. The van der Waals surface area contributed by atoms with Gasteiger partial charge < -0.3 is 10.4 Å². The van der Waals surface area contributed by atoms with Crippen LogP contribution >= 0.6 is 0 Å². The average molecular weight is 227 g/mol. The first-order valence-corrected chi connectivity index (χ1v) is 5.21. The van der Waals surface area contributed by atoms with Crippen LogP contribution in [0.4, 0.5) is 0 Å². The Hall–Kier alpha value is -1.32. The zero-order valence-electron chi connectivity index (χ0n) is 10.8. The van der Waals surface area contributed by atoms with Crippen molar-refractivity contribution in [1.29, 1.82) is 0 Å². The van der Waals surface area contributed by atoms with E-state index in [4.69, 9.17) is 5.11 Å². The average Bonchev–Trinajstić information content (AvgIpc) is 1.98. The van der Waals surface area contributed by atoms with Crippen LogP contribution in [0.15, 0.2) is 11.8 Å². The molecule has 0 spiro atoms. The highest BCUT2D eigenvalue weighted by Crippen LogP contribution is 2.16. The van der Waals surface area contributed by atoms with Crippen molar-refractivity contribution in [2.45, 2.75) is 47.1 Å². The Bertz CT molecular complexity index is 316. The summed E-state index contributed by atoms with van der Waals surface area (Å²) in [7, 11) is 0. The Kier molecular flexibility index (Phi) is 4.29. The quantitative estimate of drug-likeness (QED) is 0.723. The minimum absolute atomic E-state index is 0.0626. The molecule has 0 aliphatic rings. The number of aliphatic carboxylic acids is 1. The maximum atomic E-state index is 11.7. The van der Waals surface area contributed by atoms with Gasteiger partial charge in [0.15, 0.2) is 5.78 Å². The maximum Gasteiger partial charge on any atom is 0.352 e. The van der Waals surface area contributed by atoms with Crippen LogP contribution < -0.4 is 5.32 Å². The van der Waals surface area contributed by atoms with Gasteiger partial charge in [-0.15, -0.1) is 0 Å². The lowest BCUT2D eigenvalue weighted by Crippen LogP contribution is -2.38. The molecule has 0 heterocycles. The number of hydrogen-bond donors (Lipinski definition) is 2. The topological polar surface area (TPSA) is 66.4 Å². The number of ketones is 1. The summed E-state index contributed by atoms with van der Waals surface area (Å²) in [5.41, 5.74) is -1.02. The van der Waals surface area contributed by atoms with Gasteiger partial charge in [-0.3, -0.25) is 4.79 Å². The van der Waals surface area contributed by atoms with E-state index in [1.54, 1.807) is 20.8 Å². The van der Waals surface area contributed by atoms with Crippen molar-refractivity contribution < 1.29 is 14.7 Å². The van der Waals surface area contributed by atoms with E-state index in [1.165, 1.54) is 0 Å². The van der Waals surface area contributed by atoms with Crippen LogP contribution in [0.25, 0.3) is 0 Å². The zero-order valence-corrected chi connectivity index (χ0v) is 10.8. The van der Waals surface area contributed by atoms with Gasteiger partial charge in [0.2, 0.25) is 0 Å². The summed E-state index contributed by atoms with van der Waals surface area (Å²) in [4.78, 5) is 22.6. The first kappa shape index (κ1) is 14.7. The molecule has 0 bridgehead atoms. The molecule has 16 heavy (non-hydrogen) atoms. The molecule has 4 heteroatoms. The number of carbonyl (C=O) groups excluding carboxylic acids is 1. The lowest BCUT2D eigenvalue weighted by molar-refractivity contribution is -0.133. The van der Waals surface area contributed by atoms with Gasteiger partial charge in [-0.1, -0.05) is 20.8 Å². The highest BCUT2D eigenvalue weighted by Gasteiger charge is 2.23. The number of carboxylic acids is 1. The minimum atomic E-state index is -1.12. The van der Waals surface area contributed by atoms with E-state index in [1.807, 2.05) is 20.8 Å². The molecule has 0 aromatic heterocycles. The molecule has 0 unspecified atom stereocenters. The van der Waals surface area contributed by atoms with Gasteiger partial charge in [0, 0.05) is 17.0 Å². The van der Waals surface area contributed by atoms with Crippen molar-refractivity contribution in [3.8, 4) is 0 Å². The molecule has 0 rings (SSSR count). The van der Waals surface area contributed by atoms with Crippen LogP contribution in [0.3, 0.4) is 0 Å². The molecule has 0 saturated carbocycles. The van der Waals surface area contributed by atoms with Crippen molar-refractivity contribution >= 4 is 11.8 Å². The van der Waals surface area contributed by atoms with E-state index in [-0.39, 0.29) is 17.0 Å². The summed E-state index contributed by atoms with van der Waals surface area (Å²) < 4.78 is 0. The van der Waals surface area contributed by atoms with Crippen molar-refractivity contribution in [2.24, 2.45) is 5.41 Å². The van der Waals surface area contributed by atoms with E-state index in [0.29, 0.717) is 0 Å². The van der Waals surface area contributed by atoms with E-state index < -0.39 is 11.4 Å². The SMILES string of the molecule is CC(C)(C)NC(=CC(=O)C(C)(C)C)C(=O)O. The second kappa shape index (κ2) is 4.68. The molecule has 0 fully saturated rings. The molecule has 0 saturated heterocycles. The summed E-state index contributed by atoms with van der Waals surface area (Å²) in [5, 5.41) is 11.8. The summed E-state index contributed by atoms with van der Waals surface area (Å²) in [6.07, 6.45) is 1.16. The molecule has 0 aromatic carbocycles. The predicted octanol–water partition coefficient (Wildman–Crippen LogP) is 1.96. The molecule has 0 aliphatic heterocycles. The number of allylic oxidation sites excluding steroid dienone is 1. The fraction of sp³-hybridized carbons (Fsp3) is 0.667. The monoisotopic (exact) mass is 227 g/mol. The third-order valence-corrected chi connectivity index (χ3v) is 1.75. The predicted molar refractivity (Wildman–Crippen MR) is 63.1 cm³/mol. The molecule has 0 amide bonds. The van der Waals surface area contributed by atoms with Crippen molar-refractivity contribution in [1.82, 2.24) is 5.32 Å². The normalized spacial score (nSPS) is 13.5. The molecule has 0 aromatic rings. The summed E-state index contributed by atoms with van der Waals surface area (Å²) in [5.74, 6) is -1.32. The first-order chi connectivity index (χ1) is 6.93. The van der Waals surface area contributed by atoms with Crippen molar-refractivity contribution in [2.75, 3.05) is 0 Å². The second-order valence-electron chi connectivity index (χ2n) is 5.85. The lowest BCUT2D eigenvalue weighted by Gasteiger charge is -2.23. The Labute approximate surface area is 96.7 Å². The lowest BCUT2D eigenvalue weighted by atomic mass is 9.90. The molecule has 2 N–H and O–H groups in total. The zero-order chi connectivity index (χ0) is 13.1. The van der Waals surface area contributed by atoms with Gasteiger partial charge in [-0.2, -0.15) is 0 Å². The fourth-order valence-corrected chi connectivity index (χ4v) is 0.903. The standard InChI is InChI=1S/C12H21NO3/c1-11(2,3)9(14)7-8(10(15)16)13-12(4,5)6/h7,13H,1-6H3,(H,15,16). The molecule has 0 atom stereocenters. The Balaban J connectivity index is 5.02. The third kappa shape index (κ3) is 5.53. The molecule has 92 valence electrons. The Morgan fingerprint density at radius 2 is 1.50 bits per heavy atom. The number of carbonyl (C=O) groups is 2. The second-order valence-corrected chi connectivity index (χ2v) is 5.85. The van der Waals surface area contributed by atoms with Crippen LogP contribution in [0.5, 0.6) is 0 Å². The van der Waals surface area contributed by atoms with Crippen LogP contribution in [0.2, 0.25) is 0 Å². The van der Waals surface area contributed by atoms with Gasteiger partial charge in [0.05, 0.1) is 0 Å². The molecule has 0 radical (unpaired) electrons. The molecule has 0 aliphatic carbocycles. The molecular formula is C12H21NO3. The Morgan fingerprint density at radius 1 is 1.06 bits per heavy atom. The van der Waals surface area contributed by atoms with Crippen molar-refractivity contribution in [3.05, 3.63) is 11.8 Å². The number of nitrogens with one attached hydrogen (secondary N) is 1. The molecular weight excluding hydrogens is 206 g/mol. The van der Waals surface area contributed by atoms with Gasteiger partial charge >= 0.3 is 5.97 Å². The van der Waals surface area contributed by atoms with Gasteiger partial charge in [-0.25, -0.2) is 4.79 Å². The third-order valence-electron chi connectivity index (χ3n) is 1.75. The van der Waals surface area contributed by atoms with Crippen LogP contribution in [-0.2, 0) is 9.59 Å². The van der Waals surface area contributed by atoms with E-state index in [9.17, 15) is 9.59 Å². The molecule has 4 nitrogen and oxygen atoms in total. The summed E-state index contributed by atoms with van der Waals surface area (Å²) in [6, 6.07) is 0. The van der Waals surface area contributed by atoms with Gasteiger partial charge in [0.25, 0.3) is 0 Å². The first-order valence-electron chi connectivity index (χ1n) is 5.21. The Morgan fingerprint density at radius 3 is 1.75 bits per heavy atom. The van der Waals surface area contributed by atoms with Crippen molar-refractivity contribution in [3.63, 3.8) is 0 Å². The number of rotatable bonds is 3. The van der Waals surface area contributed by atoms with E-state index in [2.05, 4.69) is 5.32 Å². The van der Waals surface area contributed by atoms with Gasteiger partial charge in [-0.05, 0) is 20.8 Å². The largest absolute Gasteiger partial charge is 0.477 e. The fourth-order valence-electron chi connectivity index (χ4n) is 0.903. The summed E-state index contributed by atoms with van der Waals surface area (Å²) >= 11 is 0. The number of hydrogen-bond acceptors (Lipinski definition) is 3. The van der Waals surface area contributed by atoms with Gasteiger partial charge in [0.1, 0.15) is 5.70 Å². The van der Waals surface area contributed by atoms with E-state index >= 15 is 0 Å². The van der Waals surface area contributed by atoms with Crippen LogP contribution in [-0.4, -0.2) is 22.4 Å². The highest BCUT2D eigenvalue weighted by atomic mass is 16.4. The number of carboxylic acid groups (broad SMARTS) is 1. The minimum Gasteiger partial charge on any atom is -0.477 e. The van der Waals surface area contributed by atoms with E-state index in [0.717, 1.165) is 6.08 Å². The van der Waals surface area contributed by atoms with Crippen LogP contribution in [0.1, 0.15) is 41.5 Å². The van der Waals surface area contributed by atoms with Crippen LogP contribution in [0, 0.1) is 5.41 Å². The summed E-state index contributed by atoms with van der Waals surface area (Å²) in [6.45, 7) is 10.8. The highest BCUT2D eigenvalue weighted by molar-refractivity contribution is 6.00. The smallest absolute Gasteiger partial charge is 0.352 e.